The summed E-state index contributed by atoms with van der Waals surface area (Å²) in [6, 6.07) is 13.6. The Morgan fingerprint density at radius 2 is 2.10 bits per heavy atom. The van der Waals surface area contributed by atoms with Crippen molar-refractivity contribution >= 4 is 5.97 Å². The first-order valence-electron chi connectivity index (χ1n) is 9.81. The summed E-state index contributed by atoms with van der Waals surface area (Å²) in [4.78, 5) is 18.2. The molecule has 1 saturated heterocycles. The van der Waals surface area contributed by atoms with E-state index in [1.807, 2.05) is 18.2 Å². The number of nitrogens with zero attached hydrogens (tertiary/aromatic N) is 2. The lowest BCUT2D eigenvalue weighted by Gasteiger charge is -2.31. The van der Waals surface area contributed by atoms with Gasteiger partial charge in [-0.15, -0.1) is 0 Å². The average Bonchev–Trinajstić information content (AvgIpc) is 3.17. The fourth-order valence-electron chi connectivity index (χ4n) is 3.95. The molecule has 1 aliphatic heterocycles. The molecule has 0 bridgehead atoms. The standard InChI is InChI=1S/C23H23FN2O3/c24-19-8-3-5-16(11-19)12-20-13-25-22(29-20)18-7-4-10-26(15-18)14-17-6-1-2-9-21(17)23(27)28/h1-3,5-6,8-9,11,13,18H,4,7,10,12,14-15H2,(H,27,28)/t18-/m0/s1. The van der Waals surface area contributed by atoms with Crippen LogP contribution in [0.4, 0.5) is 4.39 Å². The first-order chi connectivity index (χ1) is 14.1. The zero-order valence-corrected chi connectivity index (χ0v) is 16.1. The van der Waals surface area contributed by atoms with Crippen LogP contribution in [-0.4, -0.2) is 34.0 Å². The second kappa shape index (κ2) is 8.57. The third-order valence-corrected chi connectivity index (χ3v) is 5.34. The number of carboxylic acids is 1. The first kappa shape index (κ1) is 19.3. The molecule has 0 amide bonds. The maximum Gasteiger partial charge on any atom is 0.336 e. The molecule has 29 heavy (non-hydrogen) atoms. The topological polar surface area (TPSA) is 66.6 Å². The van der Waals surface area contributed by atoms with E-state index in [9.17, 15) is 14.3 Å². The molecule has 2 heterocycles. The van der Waals surface area contributed by atoms with Crippen molar-refractivity contribution in [1.29, 1.82) is 0 Å². The third-order valence-electron chi connectivity index (χ3n) is 5.34. The number of likely N-dealkylation sites (tertiary alicyclic amines) is 1. The van der Waals surface area contributed by atoms with Gasteiger partial charge in [-0.05, 0) is 48.7 Å². The molecular weight excluding hydrogens is 371 g/mol. The lowest BCUT2D eigenvalue weighted by Crippen LogP contribution is -2.34. The first-order valence-corrected chi connectivity index (χ1v) is 9.81. The van der Waals surface area contributed by atoms with E-state index < -0.39 is 5.97 Å². The van der Waals surface area contributed by atoms with Crippen LogP contribution >= 0.6 is 0 Å². The number of oxazole rings is 1. The van der Waals surface area contributed by atoms with Crippen molar-refractivity contribution in [2.24, 2.45) is 0 Å². The van der Waals surface area contributed by atoms with Gasteiger partial charge in [-0.1, -0.05) is 30.3 Å². The number of rotatable bonds is 6. The maximum absolute atomic E-state index is 13.4. The van der Waals surface area contributed by atoms with Crippen molar-refractivity contribution < 1.29 is 18.7 Å². The quantitative estimate of drug-likeness (QED) is 0.668. The predicted molar refractivity (Wildman–Crippen MR) is 106 cm³/mol. The summed E-state index contributed by atoms with van der Waals surface area (Å²) < 4.78 is 19.4. The highest BCUT2D eigenvalue weighted by atomic mass is 19.1. The average molecular weight is 394 g/mol. The largest absolute Gasteiger partial charge is 0.478 e. The van der Waals surface area contributed by atoms with Crippen molar-refractivity contribution in [3.05, 3.63) is 88.9 Å². The van der Waals surface area contributed by atoms with E-state index in [0.29, 0.717) is 24.4 Å². The second-order valence-electron chi connectivity index (χ2n) is 7.51. The predicted octanol–water partition coefficient (Wildman–Crippen LogP) is 4.48. The number of hydrogen-bond acceptors (Lipinski definition) is 4. The molecule has 2 aromatic carbocycles. The van der Waals surface area contributed by atoms with Crippen LogP contribution in [0.15, 0.2) is 59.1 Å². The van der Waals surface area contributed by atoms with Gasteiger partial charge in [0, 0.05) is 25.4 Å². The number of carbonyl (C=O) groups is 1. The lowest BCUT2D eigenvalue weighted by atomic mass is 9.97. The lowest BCUT2D eigenvalue weighted by molar-refractivity contribution is 0.0693. The zero-order valence-electron chi connectivity index (χ0n) is 16.1. The third kappa shape index (κ3) is 4.71. The smallest absolute Gasteiger partial charge is 0.336 e. The van der Waals surface area contributed by atoms with E-state index in [4.69, 9.17) is 4.42 Å². The zero-order chi connectivity index (χ0) is 20.2. The van der Waals surface area contributed by atoms with Crippen LogP contribution < -0.4 is 0 Å². The molecule has 1 atom stereocenters. The summed E-state index contributed by atoms with van der Waals surface area (Å²) in [5.74, 6) is 0.434. The molecule has 0 saturated carbocycles. The van der Waals surface area contributed by atoms with Gasteiger partial charge in [-0.3, -0.25) is 4.90 Å². The maximum atomic E-state index is 13.4. The van der Waals surface area contributed by atoms with Crippen LogP contribution in [0.2, 0.25) is 0 Å². The molecular formula is C23H23FN2O3. The SMILES string of the molecule is O=C(O)c1ccccc1CN1CCC[C@H](c2ncc(Cc3cccc(F)c3)o2)C1. The van der Waals surface area contributed by atoms with Gasteiger partial charge in [0.05, 0.1) is 11.8 Å². The van der Waals surface area contributed by atoms with Gasteiger partial charge in [-0.2, -0.15) is 0 Å². The van der Waals surface area contributed by atoms with Crippen LogP contribution in [0.1, 0.15) is 51.9 Å². The highest BCUT2D eigenvalue weighted by Crippen LogP contribution is 2.28. The minimum absolute atomic E-state index is 0.169. The number of aromatic carboxylic acids is 1. The molecule has 0 aliphatic carbocycles. The van der Waals surface area contributed by atoms with Crippen molar-refractivity contribution in [3.63, 3.8) is 0 Å². The Morgan fingerprint density at radius 1 is 1.24 bits per heavy atom. The molecule has 1 N–H and O–H groups in total. The highest BCUT2D eigenvalue weighted by Gasteiger charge is 2.26. The summed E-state index contributed by atoms with van der Waals surface area (Å²) in [6.07, 6.45) is 4.21. The highest BCUT2D eigenvalue weighted by molar-refractivity contribution is 5.89. The molecule has 0 radical (unpaired) electrons. The molecule has 1 fully saturated rings. The Bertz CT molecular complexity index is 1000. The van der Waals surface area contributed by atoms with Crippen LogP contribution in [-0.2, 0) is 13.0 Å². The van der Waals surface area contributed by atoms with Crippen LogP contribution in [0.3, 0.4) is 0 Å². The van der Waals surface area contributed by atoms with Crippen LogP contribution in [0.5, 0.6) is 0 Å². The Hall–Kier alpha value is -2.99. The second-order valence-corrected chi connectivity index (χ2v) is 7.51. The van der Waals surface area contributed by atoms with E-state index in [0.717, 1.165) is 42.8 Å². The van der Waals surface area contributed by atoms with Gasteiger partial charge in [0.1, 0.15) is 11.6 Å². The Balaban J connectivity index is 1.43. The summed E-state index contributed by atoms with van der Waals surface area (Å²) >= 11 is 0. The van der Waals surface area contributed by atoms with Crippen molar-refractivity contribution in [2.75, 3.05) is 13.1 Å². The molecule has 5 nitrogen and oxygen atoms in total. The number of aromatic nitrogens is 1. The van der Waals surface area contributed by atoms with E-state index >= 15 is 0 Å². The van der Waals surface area contributed by atoms with Gasteiger partial charge >= 0.3 is 5.97 Å². The molecule has 6 heteroatoms. The van der Waals surface area contributed by atoms with Gasteiger partial charge in [0.15, 0.2) is 5.89 Å². The summed E-state index contributed by atoms with van der Waals surface area (Å²) in [6.45, 7) is 2.28. The molecule has 150 valence electrons. The molecule has 0 spiro atoms. The Morgan fingerprint density at radius 3 is 2.93 bits per heavy atom. The normalized spacial score (nSPS) is 17.3. The summed E-state index contributed by atoms with van der Waals surface area (Å²) in [5, 5.41) is 9.40. The monoisotopic (exact) mass is 394 g/mol. The molecule has 0 unspecified atom stereocenters. The van der Waals surface area contributed by atoms with Gasteiger partial charge in [0.25, 0.3) is 0 Å². The minimum Gasteiger partial charge on any atom is -0.478 e. The molecule has 1 aromatic heterocycles. The number of piperidine rings is 1. The van der Waals surface area contributed by atoms with E-state index in [1.165, 1.54) is 12.1 Å². The number of carboxylic acid groups (broad SMARTS) is 1. The molecule has 4 rings (SSSR count). The van der Waals surface area contributed by atoms with Gasteiger partial charge in [-0.25, -0.2) is 14.2 Å². The Kier molecular flexibility index (Phi) is 5.71. The fourth-order valence-corrected chi connectivity index (χ4v) is 3.95. The van der Waals surface area contributed by atoms with Crippen LogP contribution in [0, 0.1) is 5.82 Å². The number of hydrogen-bond donors (Lipinski definition) is 1. The Labute approximate surface area is 168 Å². The van der Waals surface area contributed by atoms with Gasteiger partial charge < -0.3 is 9.52 Å². The number of halogens is 1. The number of benzene rings is 2. The fraction of sp³-hybridized carbons (Fsp3) is 0.304. The van der Waals surface area contributed by atoms with Crippen molar-refractivity contribution in [2.45, 2.75) is 31.7 Å². The van der Waals surface area contributed by atoms with Crippen molar-refractivity contribution in [1.82, 2.24) is 9.88 Å². The molecule has 3 aromatic rings. The van der Waals surface area contributed by atoms with Gasteiger partial charge in [0.2, 0.25) is 0 Å². The van der Waals surface area contributed by atoms with E-state index in [1.54, 1.807) is 24.4 Å². The summed E-state index contributed by atoms with van der Waals surface area (Å²) in [7, 11) is 0. The van der Waals surface area contributed by atoms with Crippen molar-refractivity contribution in [3.8, 4) is 0 Å². The van der Waals surface area contributed by atoms with Crippen LogP contribution in [0.25, 0.3) is 0 Å². The summed E-state index contributed by atoms with van der Waals surface area (Å²) in [5.41, 5.74) is 2.02. The molecule has 1 aliphatic rings. The minimum atomic E-state index is -0.899. The van der Waals surface area contributed by atoms with E-state index in [2.05, 4.69) is 9.88 Å². The van der Waals surface area contributed by atoms with E-state index in [-0.39, 0.29) is 11.7 Å².